The number of nitrogens with zero attached hydrogens (tertiary/aromatic N) is 2. The molecule has 2 amide bonds. The van der Waals surface area contributed by atoms with E-state index in [0.717, 1.165) is 13.1 Å². The average molecular weight is 301 g/mol. The van der Waals surface area contributed by atoms with Gasteiger partial charge < -0.3 is 25.0 Å². The number of hydrogen-bond donors (Lipinski definition) is 2. The summed E-state index contributed by atoms with van der Waals surface area (Å²) in [4.78, 5) is 38.1. The quantitative estimate of drug-likeness (QED) is 0.679. The van der Waals surface area contributed by atoms with Gasteiger partial charge in [-0.05, 0) is 20.4 Å². The third kappa shape index (κ3) is 5.22. The van der Waals surface area contributed by atoms with E-state index < -0.39 is 24.0 Å². The molecule has 8 heteroatoms. The zero-order valence-corrected chi connectivity index (χ0v) is 12.7. The van der Waals surface area contributed by atoms with Crippen LogP contribution in [0.1, 0.15) is 19.8 Å². The fourth-order valence-electron chi connectivity index (χ4n) is 2.30. The number of nitrogens with one attached hydrogen (secondary N) is 1. The Morgan fingerprint density at radius 3 is 2.57 bits per heavy atom. The zero-order valence-electron chi connectivity index (χ0n) is 12.7. The van der Waals surface area contributed by atoms with E-state index in [9.17, 15) is 14.4 Å². The molecule has 1 rings (SSSR count). The predicted molar refractivity (Wildman–Crippen MR) is 74.9 cm³/mol. The largest absolute Gasteiger partial charge is 0.480 e. The van der Waals surface area contributed by atoms with Gasteiger partial charge in [-0.3, -0.25) is 4.79 Å². The Bertz CT molecular complexity index is 401. The summed E-state index contributed by atoms with van der Waals surface area (Å²) in [5, 5.41) is 11.6. The number of likely N-dealkylation sites (N-methyl/N-ethyl adjacent to an activating group) is 1. The zero-order chi connectivity index (χ0) is 16.0. The first-order chi connectivity index (χ1) is 9.85. The Labute approximate surface area is 124 Å². The second-order valence-electron chi connectivity index (χ2n) is 5.26. The van der Waals surface area contributed by atoms with E-state index in [1.54, 1.807) is 4.90 Å². The summed E-state index contributed by atoms with van der Waals surface area (Å²) in [6.07, 6.45) is -0.0398. The highest BCUT2D eigenvalue weighted by atomic mass is 16.5. The molecule has 0 aromatic heterocycles. The van der Waals surface area contributed by atoms with Gasteiger partial charge >= 0.3 is 18.0 Å². The van der Waals surface area contributed by atoms with Gasteiger partial charge in [0.25, 0.3) is 0 Å². The van der Waals surface area contributed by atoms with Crippen LogP contribution in [0.25, 0.3) is 0 Å². The van der Waals surface area contributed by atoms with Gasteiger partial charge in [0, 0.05) is 32.1 Å². The molecule has 1 aliphatic heterocycles. The van der Waals surface area contributed by atoms with E-state index in [1.807, 2.05) is 14.0 Å². The molecule has 0 aromatic carbocycles. The van der Waals surface area contributed by atoms with Gasteiger partial charge in [-0.2, -0.15) is 0 Å². The first-order valence-corrected chi connectivity index (χ1v) is 6.90. The lowest BCUT2D eigenvalue weighted by Crippen LogP contribution is -2.57. The first kappa shape index (κ1) is 17.2. The molecule has 1 unspecified atom stereocenters. The van der Waals surface area contributed by atoms with E-state index in [1.165, 1.54) is 7.11 Å². The lowest BCUT2D eigenvalue weighted by atomic mass is 10.1. The highest BCUT2D eigenvalue weighted by Crippen LogP contribution is 2.09. The monoisotopic (exact) mass is 301 g/mol. The van der Waals surface area contributed by atoms with Crippen molar-refractivity contribution in [2.24, 2.45) is 0 Å². The molecule has 0 radical (unpaired) electrons. The Morgan fingerprint density at radius 1 is 1.38 bits per heavy atom. The lowest BCUT2D eigenvalue weighted by molar-refractivity contribution is -0.142. The minimum atomic E-state index is -1.16. The van der Waals surface area contributed by atoms with Crippen molar-refractivity contribution >= 4 is 18.0 Å². The van der Waals surface area contributed by atoms with Crippen LogP contribution in [0.15, 0.2) is 0 Å². The molecule has 21 heavy (non-hydrogen) atoms. The van der Waals surface area contributed by atoms with Crippen molar-refractivity contribution in [2.75, 3.05) is 33.8 Å². The minimum absolute atomic E-state index is 0.00979. The molecule has 0 aromatic rings. The lowest BCUT2D eigenvalue weighted by Gasteiger charge is -2.38. The molecule has 1 saturated heterocycles. The molecule has 0 saturated carbocycles. The van der Waals surface area contributed by atoms with Gasteiger partial charge in [0.05, 0.1) is 7.11 Å². The number of hydrogen-bond acceptors (Lipinski definition) is 5. The van der Waals surface area contributed by atoms with Crippen LogP contribution < -0.4 is 5.32 Å². The van der Waals surface area contributed by atoms with Crippen LogP contribution in [-0.2, 0) is 14.3 Å². The van der Waals surface area contributed by atoms with Gasteiger partial charge in [-0.15, -0.1) is 0 Å². The maximum absolute atomic E-state index is 12.2. The van der Waals surface area contributed by atoms with Crippen molar-refractivity contribution in [1.29, 1.82) is 0 Å². The second-order valence-corrected chi connectivity index (χ2v) is 5.26. The van der Waals surface area contributed by atoms with Gasteiger partial charge in [-0.1, -0.05) is 0 Å². The van der Waals surface area contributed by atoms with Crippen molar-refractivity contribution in [3.8, 4) is 0 Å². The Kier molecular flexibility index (Phi) is 6.41. The maximum Gasteiger partial charge on any atom is 0.326 e. The summed E-state index contributed by atoms with van der Waals surface area (Å²) in [7, 11) is 3.21. The molecule has 1 aliphatic rings. The molecule has 0 aliphatic carbocycles. The molecule has 1 heterocycles. The van der Waals surface area contributed by atoms with Crippen LogP contribution in [0.5, 0.6) is 0 Å². The summed E-state index contributed by atoms with van der Waals surface area (Å²) in [6, 6.07) is -1.49. The first-order valence-electron chi connectivity index (χ1n) is 6.90. The fourth-order valence-corrected chi connectivity index (χ4v) is 2.30. The number of carbonyl (C=O) groups is 3. The number of urea groups is 1. The average Bonchev–Trinajstić information content (AvgIpc) is 2.42. The molecule has 1 fully saturated rings. The summed E-state index contributed by atoms with van der Waals surface area (Å²) in [5.74, 6) is -1.66. The Morgan fingerprint density at radius 2 is 2.05 bits per heavy atom. The van der Waals surface area contributed by atoms with Crippen molar-refractivity contribution < 1.29 is 24.2 Å². The Balaban J connectivity index is 2.56. The van der Waals surface area contributed by atoms with Crippen LogP contribution >= 0.6 is 0 Å². The van der Waals surface area contributed by atoms with Gasteiger partial charge in [0.2, 0.25) is 0 Å². The third-order valence-corrected chi connectivity index (χ3v) is 3.55. The predicted octanol–water partition coefficient (Wildman–Crippen LogP) is -0.262. The van der Waals surface area contributed by atoms with Crippen molar-refractivity contribution in [2.45, 2.75) is 31.8 Å². The molecule has 2 N–H and O–H groups in total. The topological polar surface area (TPSA) is 99.2 Å². The number of carbonyl (C=O) groups excluding carboxylic acids is 2. The molecular formula is C13H23N3O5. The smallest absolute Gasteiger partial charge is 0.326 e. The van der Waals surface area contributed by atoms with E-state index in [4.69, 9.17) is 5.11 Å². The molecule has 2 atom stereocenters. The van der Waals surface area contributed by atoms with E-state index in [-0.39, 0.29) is 18.9 Å². The summed E-state index contributed by atoms with van der Waals surface area (Å²) < 4.78 is 4.47. The molecule has 0 spiro atoms. The molecule has 8 nitrogen and oxygen atoms in total. The van der Waals surface area contributed by atoms with Gasteiger partial charge in [0.1, 0.15) is 6.04 Å². The van der Waals surface area contributed by atoms with Crippen molar-refractivity contribution in [1.82, 2.24) is 15.1 Å². The van der Waals surface area contributed by atoms with Crippen molar-refractivity contribution in [3.05, 3.63) is 0 Å². The van der Waals surface area contributed by atoms with E-state index >= 15 is 0 Å². The maximum atomic E-state index is 12.2. The number of amides is 2. The fraction of sp³-hybridized carbons (Fsp3) is 0.769. The standard InChI is InChI=1S/C13H23N3O5/c1-9-8-15(2)6-7-16(9)13(20)14-10(12(18)19)4-5-11(17)21-3/h9-10H,4-8H2,1-3H3,(H,14,20)(H,18,19)/t9?,10-/m1/s1. The molecular weight excluding hydrogens is 278 g/mol. The number of piperazine rings is 1. The van der Waals surface area contributed by atoms with Crippen molar-refractivity contribution in [3.63, 3.8) is 0 Å². The number of rotatable bonds is 5. The normalized spacial score (nSPS) is 20.7. The summed E-state index contributed by atoms with van der Waals surface area (Å²) in [5.41, 5.74) is 0. The van der Waals surface area contributed by atoms with Gasteiger partial charge in [-0.25, -0.2) is 9.59 Å². The van der Waals surface area contributed by atoms with Crippen LogP contribution in [0, 0.1) is 0 Å². The number of esters is 1. The number of ether oxygens (including phenoxy) is 1. The highest BCUT2D eigenvalue weighted by molar-refractivity contribution is 5.83. The van der Waals surface area contributed by atoms with Crippen LogP contribution in [-0.4, -0.2) is 78.8 Å². The van der Waals surface area contributed by atoms with E-state index in [2.05, 4.69) is 15.0 Å². The number of carboxylic acids is 1. The SMILES string of the molecule is COC(=O)CC[C@@H](NC(=O)N1CCN(C)CC1C)C(=O)O. The molecule has 120 valence electrons. The summed E-state index contributed by atoms with van der Waals surface area (Å²) >= 11 is 0. The minimum Gasteiger partial charge on any atom is -0.480 e. The highest BCUT2D eigenvalue weighted by Gasteiger charge is 2.29. The third-order valence-electron chi connectivity index (χ3n) is 3.55. The summed E-state index contributed by atoms with van der Waals surface area (Å²) in [6.45, 7) is 3.96. The number of methoxy groups -OCH3 is 1. The van der Waals surface area contributed by atoms with E-state index in [0.29, 0.717) is 6.54 Å². The van der Waals surface area contributed by atoms with Crippen LogP contribution in [0.3, 0.4) is 0 Å². The van der Waals surface area contributed by atoms with Gasteiger partial charge in [0.15, 0.2) is 0 Å². The second kappa shape index (κ2) is 7.82. The van der Waals surface area contributed by atoms with Crippen LogP contribution in [0.4, 0.5) is 4.79 Å². The number of carboxylic acid groups (broad SMARTS) is 1. The molecule has 0 bridgehead atoms. The van der Waals surface area contributed by atoms with Crippen LogP contribution in [0.2, 0.25) is 0 Å². The Hall–Kier alpha value is -1.83. The number of aliphatic carboxylic acids is 1.